The summed E-state index contributed by atoms with van der Waals surface area (Å²) >= 11 is 0. The standard InChI is InChI=1S/C20H23N3O3/c24-20(25)16-26-19-9-5-4-8-18(19)14-21-23-12-10-22(11-13-23)15-17-6-2-1-3-7-17/h1-9,14H,10-13,15-16H2,(H,24,25). The van der Waals surface area contributed by atoms with Gasteiger partial charge in [-0.25, -0.2) is 4.79 Å². The molecule has 0 aliphatic carbocycles. The molecule has 0 bridgehead atoms. The Kier molecular flexibility index (Phi) is 6.22. The number of nitrogens with zero attached hydrogens (tertiary/aromatic N) is 3. The van der Waals surface area contributed by atoms with Crippen LogP contribution in [0.3, 0.4) is 0 Å². The van der Waals surface area contributed by atoms with E-state index in [0.717, 1.165) is 38.3 Å². The lowest BCUT2D eigenvalue weighted by molar-refractivity contribution is -0.139. The van der Waals surface area contributed by atoms with Crippen LogP contribution in [0.1, 0.15) is 11.1 Å². The van der Waals surface area contributed by atoms with Crippen molar-refractivity contribution < 1.29 is 14.6 Å². The van der Waals surface area contributed by atoms with E-state index in [-0.39, 0.29) is 6.61 Å². The molecule has 26 heavy (non-hydrogen) atoms. The van der Waals surface area contributed by atoms with Crippen molar-refractivity contribution in [3.8, 4) is 5.75 Å². The smallest absolute Gasteiger partial charge is 0.341 e. The average Bonchev–Trinajstić information content (AvgIpc) is 2.67. The van der Waals surface area contributed by atoms with Crippen molar-refractivity contribution in [2.45, 2.75) is 6.54 Å². The number of hydrogen-bond donors (Lipinski definition) is 1. The molecule has 0 saturated carbocycles. The van der Waals surface area contributed by atoms with Gasteiger partial charge < -0.3 is 9.84 Å². The van der Waals surface area contributed by atoms with Gasteiger partial charge in [-0.2, -0.15) is 5.10 Å². The summed E-state index contributed by atoms with van der Waals surface area (Å²) in [5, 5.41) is 15.3. The van der Waals surface area contributed by atoms with E-state index in [1.54, 1.807) is 12.3 Å². The third-order valence-corrected chi connectivity index (χ3v) is 4.23. The highest BCUT2D eigenvalue weighted by molar-refractivity contribution is 5.83. The Hall–Kier alpha value is -2.86. The number of carbonyl (C=O) groups is 1. The zero-order chi connectivity index (χ0) is 18.2. The largest absolute Gasteiger partial charge is 0.481 e. The molecule has 0 spiro atoms. The van der Waals surface area contributed by atoms with Crippen LogP contribution in [0.25, 0.3) is 0 Å². The molecule has 1 aliphatic rings. The van der Waals surface area contributed by atoms with Gasteiger partial charge in [-0.05, 0) is 17.7 Å². The predicted octanol–water partition coefficient (Wildman–Crippen LogP) is 2.30. The van der Waals surface area contributed by atoms with Crippen LogP contribution in [0.5, 0.6) is 5.75 Å². The molecule has 0 atom stereocenters. The van der Waals surface area contributed by atoms with Crippen molar-refractivity contribution >= 4 is 12.2 Å². The van der Waals surface area contributed by atoms with Crippen LogP contribution in [0.4, 0.5) is 0 Å². The van der Waals surface area contributed by atoms with Gasteiger partial charge in [-0.1, -0.05) is 42.5 Å². The summed E-state index contributed by atoms with van der Waals surface area (Å²) in [5.74, 6) is -0.465. The fourth-order valence-corrected chi connectivity index (χ4v) is 2.85. The van der Waals surface area contributed by atoms with Gasteiger partial charge in [0, 0.05) is 38.3 Å². The maximum absolute atomic E-state index is 10.7. The van der Waals surface area contributed by atoms with Crippen LogP contribution in [-0.2, 0) is 11.3 Å². The number of hydrogen-bond acceptors (Lipinski definition) is 5. The Morgan fingerprint density at radius 3 is 2.46 bits per heavy atom. The average molecular weight is 353 g/mol. The fourth-order valence-electron chi connectivity index (χ4n) is 2.85. The van der Waals surface area contributed by atoms with E-state index < -0.39 is 5.97 Å². The van der Waals surface area contributed by atoms with Crippen LogP contribution in [0.2, 0.25) is 0 Å². The third kappa shape index (κ3) is 5.32. The first kappa shape index (κ1) is 17.9. The van der Waals surface area contributed by atoms with E-state index >= 15 is 0 Å². The SMILES string of the molecule is O=C(O)COc1ccccc1C=NN1CCN(Cc2ccccc2)CC1. The van der Waals surface area contributed by atoms with E-state index in [2.05, 4.69) is 34.3 Å². The molecule has 1 saturated heterocycles. The highest BCUT2D eigenvalue weighted by Crippen LogP contribution is 2.16. The van der Waals surface area contributed by atoms with Crippen molar-refractivity contribution in [3.05, 3.63) is 65.7 Å². The number of rotatable bonds is 7. The summed E-state index contributed by atoms with van der Waals surface area (Å²) in [6.07, 6.45) is 1.74. The normalized spacial score (nSPS) is 15.3. The summed E-state index contributed by atoms with van der Waals surface area (Å²) in [5.41, 5.74) is 2.11. The molecule has 1 heterocycles. The Morgan fingerprint density at radius 1 is 1.04 bits per heavy atom. The Bertz CT molecular complexity index is 741. The number of aliphatic carboxylic acids is 1. The number of carboxylic acids is 1. The van der Waals surface area contributed by atoms with Gasteiger partial charge >= 0.3 is 5.97 Å². The molecule has 1 aliphatic heterocycles. The van der Waals surface area contributed by atoms with Gasteiger partial charge in [-0.15, -0.1) is 0 Å². The molecule has 1 N–H and O–H groups in total. The lowest BCUT2D eigenvalue weighted by atomic mass is 10.2. The van der Waals surface area contributed by atoms with Gasteiger partial charge in [0.1, 0.15) is 5.75 Å². The third-order valence-electron chi connectivity index (χ3n) is 4.23. The van der Waals surface area contributed by atoms with E-state index in [1.807, 2.05) is 29.3 Å². The molecular weight excluding hydrogens is 330 g/mol. The number of carboxylic acid groups (broad SMARTS) is 1. The topological polar surface area (TPSA) is 65.4 Å². The molecule has 1 fully saturated rings. The van der Waals surface area contributed by atoms with Gasteiger partial charge in [0.15, 0.2) is 6.61 Å². The first-order valence-electron chi connectivity index (χ1n) is 8.69. The summed E-state index contributed by atoms with van der Waals surface area (Å²) in [6.45, 7) is 4.25. The van der Waals surface area contributed by atoms with E-state index in [9.17, 15) is 4.79 Å². The quantitative estimate of drug-likeness (QED) is 0.774. The minimum absolute atomic E-state index is 0.358. The van der Waals surface area contributed by atoms with E-state index in [1.165, 1.54) is 5.56 Å². The van der Waals surface area contributed by atoms with Crippen LogP contribution < -0.4 is 4.74 Å². The van der Waals surface area contributed by atoms with E-state index in [4.69, 9.17) is 9.84 Å². The second kappa shape index (κ2) is 9.01. The van der Waals surface area contributed by atoms with Crippen LogP contribution in [0.15, 0.2) is 59.7 Å². The molecule has 0 radical (unpaired) electrons. The lowest BCUT2D eigenvalue weighted by Crippen LogP contribution is -2.43. The van der Waals surface area contributed by atoms with Crippen LogP contribution in [0, 0.1) is 0 Å². The predicted molar refractivity (Wildman–Crippen MR) is 100 cm³/mol. The Labute approximate surface area is 153 Å². The molecular formula is C20H23N3O3. The van der Waals surface area contributed by atoms with Gasteiger partial charge in [0.2, 0.25) is 0 Å². The number of piperazine rings is 1. The summed E-state index contributed by atoms with van der Waals surface area (Å²) in [7, 11) is 0. The number of para-hydroxylation sites is 1. The van der Waals surface area contributed by atoms with Crippen molar-refractivity contribution in [2.75, 3.05) is 32.8 Å². The monoisotopic (exact) mass is 353 g/mol. The van der Waals surface area contributed by atoms with Crippen LogP contribution >= 0.6 is 0 Å². The maximum Gasteiger partial charge on any atom is 0.341 e. The zero-order valence-corrected chi connectivity index (χ0v) is 14.6. The number of ether oxygens (including phenoxy) is 1. The lowest BCUT2D eigenvalue weighted by Gasteiger charge is -2.33. The van der Waals surface area contributed by atoms with Crippen molar-refractivity contribution in [1.29, 1.82) is 0 Å². The zero-order valence-electron chi connectivity index (χ0n) is 14.6. The molecule has 6 heteroatoms. The first-order valence-corrected chi connectivity index (χ1v) is 8.69. The van der Waals surface area contributed by atoms with Crippen molar-refractivity contribution in [1.82, 2.24) is 9.91 Å². The van der Waals surface area contributed by atoms with Crippen LogP contribution in [-0.4, -0.2) is 60.0 Å². The molecule has 0 aromatic heterocycles. The summed E-state index contributed by atoms with van der Waals surface area (Å²) < 4.78 is 5.30. The molecule has 0 amide bonds. The van der Waals surface area contributed by atoms with Crippen molar-refractivity contribution in [3.63, 3.8) is 0 Å². The summed E-state index contributed by atoms with van der Waals surface area (Å²) in [4.78, 5) is 13.1. The Morgan fingerprint density at radius 2 is 1.73 bits per heavy atom. The molecule has 136 valence electrons. The molecule has 0 unspecified atom stereocenters. The van der Waals surface area contributed by atoms with Crippen molar-refractivity contribution in [2.24, 2.45) is 5.10 Å². The maximum atomic E-state index is 10.7. The molecule has 6 nitrogen and oxygen atoms in total. The first-order chi connectivity index (χ1) is 12.7. The molecule has 3 rings (SSSR count). The fraction of sp³-hybridized carbons (Fsp3) is 0.300. The Balaban J connectivity index is 1.52. The van der Waals surface area contributed by atoms with Gasteiger partial charge in [0.05, 0.1) is 6.21 Å². The number of hydrazone groups is 1. The minimum atomic E-state index is -0.994. The second-order valence-electron chi connectivity index (χ2n) is 6.18. The second-order valence-corrected chi connectivity index (χ2v) is 6.18. The summed E-state index contributed by atoms with van der Waals surface area (Å²) in [6, 6.07) is 17.8. The van der Waals surface area contributed by atoms with Gasteiger partial charge in [0.25, 0.3) is 0 Å². The van der Waals surface area contributed by atoms with E-state index in [0.29, 0.717) is 5.75 Å². The highest BCUT2D eigenvalue weighted by Gasteiger charge is 2.15. The molecule has 2 aromatic rings. The minimum Gasteiger partial charge on any atom is -0.481 e. The molecule has 2 aromatic carbocycles. The van der Waals surface area contributed by atoms with Gasteiger partial charge in [-0.3, -0.25) is 9.91 Å². The highest BCUT2D eigenvalue weighted by atomic mass is 16.5. The number of benzene rings is 2.